The first-order valence-corrected chi connectivity index (χ1v) is 6.34. The Kier molecular flexibility index (Phi) is 4.25. The first kappa shape index (κ1) is 13.9. The molecule has 0 aromatic heterocycles. The minimum Gasteiger partial charge on any atom is -0.508 e. The predicted octanol–water partition coefficient (Wildman–Crippen LogP) is 3.76. The fourth-order valence-electron chi connectivity index (χ4n) is 1.80. The summed E-state index contributed by atoms with van der Waals surface area (Å²) in [6.07, 6.45) is -0.512. The summed E-state index contributed by atoms with van der Waals surface area (Å²) in [5.41, 5.74) is 3.05. The monoisotopic (exact) mass is 271 g/mol. The molecule has 2 aromatic carbocycles. The zero-order chi connectivity index (χ0) is 14.5. The molecule has 20 heavy (non-hydrogen) atoms. The third kappa shape index (κ3) is 3.51. The molecule has 0 bridgehead atoms. The molecule has 0 atom stereocenters. The fraction of sp³-hybridized carbons (Fsp3) is 0.188. The molecule has 0 radical (unpaired) electrons. The van der Waals surface area contributed by atoms with Crippen LogP contribution in [0.25, 0.3) is 0 Å². The Labute approximate surface area is 118 Å². The van der Waals surface area contributed by atoms with Crippen molar-refractivity contribution in [3.63, 3.8) is 0 Å². The van der Waals surface area contributed by atoms with E-state index in [-0.39, 0.29) is 12.4 Å². The molecule has 1 amide bonds. The number of ether oxygens (including phenoxy) is 1. The minimum atomic E-state index is -0.512. The SMILES string of the molecule is Cc1cc(NC(=O)OCc2ccccc2)c(C)cc1O. The van der Waals surface area contributed by atoms with Crippen LogP contribution in [0.4, 0.5) is 10.5 Å². The molecular formula is C16H17NO3. The van der Waals surface area contributed by atoms with Gasteiger partial charge in [0.2, 0.25) is 0 Å². The number of aromatic hydroxyl groups is 1. The Bertz CT molecular complexity index is 609. The summed E-state index contributed by atoms with van der Waals surface area (Å²) in [7, 11) is 0. The second-order valence-electron chi connectivity index (χ2n) is 4.64. The number of rotatable bonds is 3. The van der Waals surface area contributed by atoms with Crippen LogP contribution in [0.3, 0.4) is 0 Å². The topological polar surface area (TPSA) is 58.6 Å². The molecule has 104 valence electrons. The highest BCUT2D eigenvalue weighted by atomic mass is 16.5. The second kappa shape index (κ2) is 6.10. The molecule has 0 unspecified atom stereocenters. The minimum absolute atomic E-state index is 0.214. The zero-order valence-electron chi connectivity index (χ0n) is 11.5. The molecule has 0 aliphatic rings. The molecule has 0 saturated carbocycles. The summed E-state index contributed by atoms with van der Waals surface area (Å²) < 4.78 is 5.14. The van der Waals surface area contributed by atoms with Gasteiger partial charge in [-0.3, -0.25) is 5.32 Å². The van der Waals surface area contributed by atoms with Gasteiger partial charge in [0.25, 0.3) is 0 Å². The van der Waals surface area contributed by atoms with E-state index in [9.17, 15) is 9.90 Å². The quantitative estimate of drug-likeness (QED) is 0.836. The van der Waals surface area contributed by atoms with E-state index in [1.54, 1.807) is 19.1 Å². The van der Waals surface area contributed by atoms with Crippen LogP contribution in [0.2, 0.25) is 0 Å². The summed E-state index contributed by atoms with van der Waals surface area (Å²) >= 11 is 0. The normalized spacial score (nSPS) is 10.1. The van der Waals surface area contributed by atoms with Gasteiger partial charge in [0.15, 0.2) is 0 Å². The van der Waals surface area contributed by atoms with Crippen molar-refractivity contribution in [2.45, 2.75) is 20.5 Å². The van der Waals surface area contributed by atoms with Crippen molar-refractivity contribution in [2.24, 2.45) is 0 Å². The number of benzene rings is 2. The van der Waals surface area contributed by atoms with Crippen LogP contribution in [0.1, 0.15) is 16.7 Å². The number of carbonyl (C=O) groups excluding carboxylic acids is 1. The Morgan fingerprint density at radius 3 is 2.55 bits per heavy atom. The van der Waals surface area contributed by atoms with Gasteiger partial charge in [-0.1, -0.05) is 30.3 Å². The summed E-state index contributed by atoms with van der Waals surface area (Å²) in [6, 6.07) is 12.8. The molecule has 0 spiro atoms. The van der Waals surface area contributed by atoms with Crippen molar-refractivity contribution in [1.29, 1.82) is 0 Å². The highest BCUT2D eigenvalue weighted by molar-refractivity contribution is 5.86. The molecule has 4 heteroatoms. The van der Waals surface area contributed by atoms with Crippen LogP contribution in [0, 0.1) is 13.8 Å². The zero-order valence-corrected chi connectivity index (χ0v) is 11.5. The molecular weight excluding hydrogens is 254 g/mol. The van der Waals surface area contributed by atoms with Crippen molar-refractivity contribution in [1.82, 2.24) is 0 Å². The number of phenols is 1. The van der Waals surface area contributed by atoms with E-state index in [1.807, 2.05) is 37.3 Å². The summed E-state index contributed by atoms with van der Waals surface area (Å²) in [4.78, 5) is 11.7. The first-order chi connectivity index (χ1) is 9.56. The summed E-state index contributed by atoms with van der Waals surface area (Å²) in [5.74, 6) is 0.214. The van der Waals surface area contributed by atoms with Crippen molar-refractivity contribution >= 4 is 11.8 Å². The average Bonchev–Trinajstić information content (AvgIpc) is 2.44. The van der Waals surface area contributed by atoms with Crippen LogP contribution in [-0.4, -0.2) is 11.2 Å². The molecule has 0 aliphatic heterocycles. The van der Waals surface area contributed by atoms with E-state index < -0.39 is 6.09 Å². The van der Waals surface area contributed by atoms with E-state index in [0.29, 0.717) is 11.3 Å². The van der Waals surface area contributed by atoms with Gasteiger partial charge in [-0.05, 0) is 42.7 Å². The Morgan fingerprint density at radius 2 is 1.85 bits per heavy atom. The van der Waals surface area contributed by atoms with Crippen molar-refractivity contribution < 1.29 is 14.6 Å². The number of hydrogen-bond donors (Lipinski definition) is 2. The van der Waals surface area contributed by atoms with Crippen LogP contribution in [0.15, 0.2) is 42.5 Å². The molecule has 0 heterocycles. The molecule has 0 fully saturated rings. The average molecular weight is 271 g/mol. The number of amides is 1. The molecule has 2 aromatic rings. The van der Waals surface area contributed by atoms with E-state index in [4.69, 9.17) is 4.74 Å². The van der Waals surface area contributed by atoms with Gasteiger partial charge in [-0.25, -0.2) is 4.79 Å². The van der Waals surface area contributed by atoms with E-state index >= 15 is 0 Å². The number of carbonyl (C=O) groups is 1. The van der Waals surface area contributed by atoms with Crippen LogP contribution >= 0.6 is 0 Å². The Hall–Kier alpha value is -2.49. The number of hydrogen-bond acceptors (Lipinski definition) is 3. The largest absolute Gasteiger partial charge is 0.508 e. The standard InChI is InChI=1S/C16H17NO3/c1-11-9-15(18)12(2)8-14(11)17-16(19)20-10-13-6-4-3-5-7-13/h3-9,18H,10H2,1-2H3,(H,17,19). The van der Waals surface area contributed by atoms with Crippen molar-refractivity contribution in [3.8, 4) is 5.75 Å². The number of nitrogens with one attached hydrogen (secondary N) is 1. The number of phenolic OH excluding ortho intramolecular Hbond substituents is 1. The van der Waals surface area contributed by atoms with Gasteiger partial charge in [0.05, 0.1) is 0 Å². The van der Waals surface area contributed by atoms with Crippen LogP contribution in [-0.2, 0) is 11.3 Å². The molecule has 0 aliphatic carbocycles. The van der Waals surface area contributed by atoms with Gasteiger partial charge < -0.3 is 9.84 Å². The van der Waals surface area contributed by atoms with Gasteiger partial charge >= 0.3 is 6.09 Å². The van der Waals surface area contributed by atoms with Crippen molar-refractivity contribution in [2.75, 3.05) is 5.32 Å². The lowest BCUT2D eigenvalue weighted by molar-refractivity contribution is 0.155. The number of aryl methyl sites for hydroxylation is 2. The third-order valence-electron chi connectivity index (χ3n) is 2.99. The maximum atomic E-state index is 11.7. The third-order valence-corrected chi connectivity index (χ3v) is 2.99. The molecule has 4 nitrogen and oxygen atoms in total. The van der Waals surface area contributed by atoms with Gasteiger partial charge in [-0.2, -0.15) is 0 Å². The summed E-state index contributed by atoms with van der Waals surface area (Å²) in [6.45, 7) is 3.81. The summed E-state index contributed by atoms with van der Waals surface area (Å²) in [5, 5.41) is 12.2. The maximum Gasteiger partial charge on any atom is 0.411 e. The molecule has 2 N–H and O–H groups in total. The lowest BCUT2D eigenvalue weighted by atomic mass is 10.1. The predicted molar refractivity (Wildman–Crippen MR) is 77.8 cm³/mol. The number of anilines is 1. The van der Waals surface area contributed by atoms with Crippen LogP contribution < -0.4 is 5.32 Å². The van der Waals surface area contributed by atoms with Crippen LogP contribution in [0.5, 0.6) is 5.75 Å². The van der Waals surface area contributed by atoms with Crippen molar-refractivity contribution in [3.05, 3.63) is 59.2 Å². The Balaban J connectivity index is 1.97. The van der Waals surface area contributed by atoms with E-state index in [2.05, 4.69) is 5.32 Å². The van der Waals surface area contributed by atoms with Gasteiger partial charge in [0, 0.05) is 5.69 Å². The second-order valence-corrected chi connectivity index (χ2v) is 4.64. The first-order valence-electron chi connectivity index (χ1n) is 6.34. The highest BCUT2D eigenvalue weighted by Crippen LogP contribution is 2.25. The maximum absolute atomic E-state index is 11.7. The van der Waals surface area contributed by atoms with E-state index in [1.165, 1.54) is 0 Å². The Morgan fingerprint density at radius 1 is 1.15 bits per heavy atom. The van der Waals surface area contributed by atoms with Gasteiger partial charge in [0.1, 0.15) is 12.4 Å². The highest BCUT2D eigenvalue weighted by Gasteiger charge is 2.08. The molecule has 2 rings (SSSR count). The lowest BCUT2D eigenvalue weighted by Crippen LogP contribution is -2.14. The molecule has 0 saturated heterocycles. The smallest absolute Gasteiger partial charge is 0.411 e. The van der Waals surface area contributed by atoms with Gasteiger partial charge in [-0.15, -0.1) is 0 Å². The fourth-order valence-corrected chi connectivity index (χ4v) is 1.80. The van der Waals surface area contributed by atoms with E-state index in [0.717, 1.165) is 11.1 Å². The lowest BCUT2D eigenvalue weighted by Gasteiger charge is -2.11.